The molecular formula is C27H30N6O2. The summed E-state index contributed by atoms with van der Waals surface area (Å²) >= 11 is 0. The lowest BCUT2D eigenvalue weighted by atomic mass is 9.92. The summed E-state index contributed by atoms with van der Waals surface area (Å²) in [5, 5.41) is 11.0. The van der Waals surface area contributed by atoms with Crippen molar-refractivity contribution in [2.24, 2.45) is 5.92 Å². The fourth-order valence-electron chi connectivity index (χ4n) is 4.61. The summed E-state index contributed by atoms with van der Waals surface area (Å²) in [5.74, 6) is 0.302. The SMILES string of the molecule is [C-]#[N+]c1ccc(C[C@@H]2CN[C@@H](C(=O)N[C@@H](C)C(=O)NCc3ccc(N)nc3C)C2)c2ccccc12. The molecule has 5 N–H and O–H groups in total. The van der Waals surface area contributed by atoms with Gasteiger partial charge in [-0.05, 0) is 67.1 Å². The predicted molar refractivity (Wildman–Crippen MR) is 137 cm³/mol. The molecule has 4 rings (SSSR count). The van der Waals surface area contributed by atoms with Crippen molar-refractivity contribution >= 4 is 34.1 Å². The van der Waals surface area contributed by atoms with E-state index in [-0.39, 0.29) is 23.8 Å². The molecule has 3 aromatic rings. The van der Waals surface area contributed by atoms with E-state index in [1.54, 1.807) is 13.0 Å². The smallest absolute Gasteiger partial charge is 0.242 e. The predicted octanol–water partition coefficient (Wildman–Crippen LogP) is 3.02. The van der Waals surface area contributed by atoms with Crippen LogP contribution in [-0.2, 0) is 22.6 Å². The van der Waals surface area contributed by atoms with E-state index in [1.165, 1.54) is 5.56 Å². The van der Waals surface area contributed by atoms with Crippen LogP contribution in [0.4, 0.5) is 11.5 Å². The van der Waals surface area contributed by atoms with Gasteiger partial charge in [0.25, 0.3) is 0 Å². The Kier molecular flexibility index (Phi) is 7.28. The zero-order chi connectivity index (χ0) is 24.9. The van der Waals surface area contributed by atoms with Gasteiger partial charge in [0, 0.05) is 12.2 Å². The number of anilines is 1. The standard InChI is InChI=1S/C27H30N6O2/c1-16-20(9-11-25(28)32-16)15-31-26(34)17(2)33-27(35)24-13-18(14-30-24)12-19-8-10-23(29-3)22-7-5-4-6-21(19)22/h4-11,17-18,24,30H,12-15H2,1-2H3,(H2,28,32)(H,31,34)(H,33,35)/t17-,18-,24+/m0/s1. The minimum atomic E-state index is -0.657. The Balaban J connectivity index is 1.30. The van der Waals surface area contributed by atoms with Crippen LogP contribution < -0.4 is 21.7 Å². The summed E-state index contributed by atoms with van der Waals surface area (Å²) in [7, 11) is 0. The molecule has 0 unspecified atom stereocenters. The summed E-state index contributed by atoms with van der Waals surface area (Å²) in [5.41, 5.74) is 9.15. The molecule has 1 aromatic heterocycles. The van der Waals surface area contributed by atoms with E-state index in [2.05, 4.69) is 25.8 Å². The van der Waals surface area contributed by atoms with Crippen LogP contribution in [0.15, 0.2) is 48.5 Å². The van der Waals surface area contributed by atoms with E-state index >= 15 is 0 Å². The van der Waals surface area contributed by atoms with Crippen molar-refractivity contribution in [3.63, 3.8) is 0 Å². The lowest BCUT2D eigenvalue weighted by Gasteiger charge is -2.18. The number of hydrogen-bond donors (Lipinski definition) is 4. The third-order valence-corrected chi connectivity index (χ3v) is 6.58. The van der Waals surface area contributed by atoms with Gasteiger partial charge in [0.05, 0.1) is 12.6 Å². The third-order valence-electron chi connectivity index (χ3n) is 6.58. The minimum absolute atomic E-state index is 0.173. The summed E-state index contributed by atoms with van der Waals surface area (Å²) in [4.78, 5) is 33.1. The zero-order valence-corrected chi connectivity index (χ0v) is 20.0. The van der Waals surface area contributed by atoms with E-state index in [9.17, 15) is 9.59 Å². The van der Waals surface area contributed by atoms with Crippen LogP contribution in [0, 0.1) is 19.4 Å². The fourth-order valence-corrected chi connectivity index (χ4v) is 4.61. The maximum absolute atomic E-state index is 12.8. The molecule has 35 heavy (non-hydrogen) atoms. The van der Waals surface area contributed by atoms with Crippen molar-refractivity contribution in [3.8, 4) is 0 Å². The number of rotatable bonds is 7. The number of pyridine rings is 1. The number of aromatic nitrogens is 1. The highest BCUT2D eigenvalue weighted by molar-refractivity contribution is 5.96. The van der Waals surface area contributed by atoms with Gasteiger partial charge < -0.3 is 21.7 Å². The fraction of sp³-hybridized carbons (Fsp3) is 0.333. The molecule has 0 spiro atoms. The summed E-state index contributed by atoms with van der Waals surface area (Å²) in [6.07, 6.45) is 1.51. The number of nitrogen functional groups attached to an aromatic ring is 1. The summed E-state index contributed by atoms with van der Waals surface area (Å²) in [6.45, 7) is 12.0. The Bertz CT molecular complexity index is 1300. The molecule has 0 bridgehead atoms. The van der Waals surface area contributed by atoms with Gasteiger partial charge in [-0.3, -0.25) is 9.59 Å². The van der Waals surface area contributed by atoms with Crippen LogP contribution in [0.3, 0.4) is 0 Å². The number of nitrogens with zero attached hydrogens (tertiary/aromatic N) is 2. The normalized spacial score (nSPS) is 18.1. The molecule has 8 nitrogen and oxygen atoms in total. The van der Waals surface area contributed by atoms with Crippen molar-refractivity contribution in [2.75, 3.05) is 12.3 Å². The average Bonchev–Trinajstić information content (AvgIpc) is 3.32. The second-order valence-corrected chi connectivity index (χ2v) is 9.10. The number of aryl methyl sites for hydroxylation is 1. The molecule has 1 aliphatic rings. The van der Waals surface area contributed by atoms with Crippen LogP contribution >= 0.6 is 0 Å². The maximum atomic E-state index is 12.8. The Morgan fingerprint density at radius 1 is 1.17 bits per heavy atom. The minimum Gasteiger partial charge on any atom is -0.384 e. The topological polar surface area (TPSA) is 114 Å². The molecule has 2 amide bonds. The maximum Gasteiger partial charge on any atom is 0.242 e. The van der Waals surface area contributed by atoms with Crippen LogP contribution in [0.1, 0.15) is 30.2 Å². The number of fused-ring (bicyclic) bond motifs is 1. The van der Waals surface area contributed by atoms with Crippen molar-refractivity contribution < 1.29 is 9.59 Å². The van der Waals surface area contributed by atoms with Crippen LogP contribution in [0.5, 0.6) is 0 Å². The number of amides is 2. The lowest BCUT2D eigenvalue weighted by Crippen LogP contribution is -2.50. The molecule has 0 aliphatic carbocycles. The van der Waals surface area contributed by atoms with E-state index in [4.69, 9.17) is 12.3 Å². The van der Waals surface area contributed by atoms with E-state index in [0.717, 1.165) is 35.0 Å². The number of nitrogens with one attached hydrogen (secondary N) is 3. The van der Waals surface area contributed by atoms with Gasteiger partial charge >= 0.3 is 0 Å². The van der Waals surface area contributed by atoms with Crippen molar-refractivity contribution in [3.05, 3.63) is 76.8 Å². The van der Waals surface area contributed by atoms with Crippen molar-refractivity contribution in [2.45, 2.75) is 45.3 Å². The molecule has 1 saturated heterocycles. The Hall–Kier alpha value is -3.96. The van der Waals surface area contributed by atoms with Crippen LogP contribution in [0.2, 0.25) is 0 Å². The second-order valence-electron chi connectivity index (χ2n) is 9.10. The van der Waals surface area contributed by atoms with Gasteiger partial charge in [0.2, 0.25) is 11.8 Å². The second kappa shape index (κ2) is 10.5. The molecule has 8 heteroatoms. The van der Waals surface area contributed by atoms with Gasteiger partial charge in [-0.15, -0.1) is 0 Å². The lowest BCUT2D eigenvalue weighted by molar-refractivity contribution is -0.129. The zero-order valence-electron chi connectivity index (χ0n) is 20.0. The summed E-state index contributed by atoms with van der Waals surface area (Å²) in [6, 6.07) is 14.4. The third kappa shape index (κ3) is 5.58. The van der Waals surface area contributed by atoms with Crippen LogP contribution in [0.25, 0.3) is 15.6 Å². The molecule has 2 heterocycles. The average molecular weight is 471 g/mol. The van der Waals surface area contributed by atoms with Gasteiger partial charge in [-0.1, -0.05) is 42.5 Å². The van der Waals surface area contributed by atoms with Gasteiger partial charge in [-0.25, -0.2) is 9.83 Å². The van der Waals surface area contributed by atoms with Crippen LogP contribution in [-0.4, -0.2) is 35.4 Å². The van der Waals surface area contributed by atoms with Crippen molar-refractivity contribution in [1.29, 1.82) is 0 Å². The Labute approximate surface area is 205 Å². The Morgan fingerprint density at radius 3 is 2.66 bits per heavy atom. The van der Waals surface area contributed by atoms with Gasteiger partial charge in [0.1, 0.15) is 11.9 Å². The first-order valence-corrected chi connectivity index (χ1v) is 11.8. The molecule has 180 valence electrons. The quantitative estimate of drug-likeness (QED) is 0.397. The van der Waals surface area contributed by atoms with Crippen molar-refractivity contribution in [1.82, 2.24) is 20.9 Å². The number of carbonyl (C=O) groups excluding carboxylic acids is 2. The van der Waals surface area contributed by atoms with E-state index in [0.29, 0.717) is 24.5 Å². The molecule has 3 atom stereocenters. The number of nitrogens with two attached hydrogens (primary N) is 1. The van der Waals surface area contributed by atoms with E-state index in [1.807, 2.05) is 49.4 Å². The highest BCUT2D eigenvalue weighted by Crippen LogP contribution is 2.31. The highest BCUT2D eigenvalue weighted by atomic mass is 16.2. The molecule has 1 fully saturated rings. The largest absolute Gasteiger partial charge is 0.384 e. The molecule has 1 aliphatic heterocycles. The first-order valence-electron chi connectivity index (χ1n) is 11.8. The summed E-state index contributed by atoms with van der Waals surface area (Å²) < 4.78 is 0. The first kappa shape index (κ1) is 24.2. The molecule has 0 saturated carbocycles. The number of carbonyl (C=O) groups is 2. The molecule has 2 aromatic carbocycles. The van der Waals surface area contributed by atoms with E-state index < -0.39 is 6.04 Å². The van der Waals surface area contributed by atoms with Gasteiger partial charge in [0.15, 0.2) is 5.69 Å². The number of hydrogen-bond acceptors (Lipinski definition) is 5. The number of benzene rings is 2. The monoisotopic (exact) mass is 470 g/mol. The Morgan fingerprint density at radius 2 is 1.91 bits per heavy atom. The molecule has 0 radical (unpaired) electrons. The van der Waals surface area contributed by atoms with Gasteiger partial charge in [-0.2, -0.15) is 0 Å². The first-order chi connectivity index (χ1) is 16.9. The highest BCUT2D eigenvalue weighted by Gasteiger charge is 2.31. The molecular weight excluding hydrogens is 440 g/mol.